The lowest BCUT2D eigenvalue weighted by Gasteiger charge is -2.19. The molecule has 0 aromatic carbocycles. The molecule has 0 aliphatic carbocycles. The fourth-order valence-corrected chi connectivity index (χ4v) is 2.35. The van der Waals surface area contributed by atoms with Crippen molar-refractivity contribution < 1.29 is 18.3 Å². The summed E-state index contributed by atoms with van der Waals surface area (Å²) in [6.45, 7) is 3.11. The van der Waals surface area contributed by atoms with E-state index in [1.165, 1.54) is 0 Å². The maximum Gasteiger partial charge on any atom is 0.303 e. The van der Waals surface area contributed by atoms with Gasteiger partial charge in [0.25, 0.3) is 0 Å². The number of carbonyl (C=O) groups is 1. The van der Waals surface area contributed by atoms with Crippen molar-refractivity contribution in [3.05, 3.63) is 0 Å². The summed E-state index contributed by atoms with van der Waals surface area (Å²) in [7, 11) is -3.50. The minimum atomic E-state index is -3.50. The zero-order valence-electron chi connectivity index (χ0n) is 8.78. The summed E-state index contributed by atoms with van der Waals surface area (Å²) in [5.74, 6) is 1.05. The third-order valence-electron chi connectivity index (χ3n) is 1.58. The highest BCUT2D eigenvalue weighted by Gasteiger charge is 2.22. The van der Waals surface area contributed by atoms with Crippen LogP contribution in [0.2, 0.25) is 0 Å². The molecule has 0 aromatic heterocycles. The van der Waals surface area contributed by atoms with Crippen LogP contribution in [-0.2, 0) is 14.8 Å². The molecule has 0 heterocycles. The van der Waals surface area contributed by atoms with Crippen LogP contribution >= 0.6 is 0 Å². The van der Waals surface area contributed by atoms with E-state index >= 15 is 0 Å². The van der Waals surface area contributed by atoms with Crippen molar-refractivity contribution in [2.45, 2.75) is 32.2 Å². The van der Waals surface area contributed by atoms with Gasteiger partial charge in [0, 0.05) is 6.42 Å². The van der Waals surface area contributed by atoms with E-state index in [0.717, 1.165) is 0 Å². The molecule has 0 saturated carbocycles. The van der Waals surface area contributed by atoms with Crippen molar-refractivity contribution in [1.82, 2.24) is 4.72 Å². The molecular formula is C9H15NO4S. The number of terminal acetylenes is 1. The van der Waals surface area contributed by atoms with Gasteiger partial charge in [0.15, 0.2) is 0 Å². The standard InChI is InChI=1S/C9H15NO4S/c1-4-9(2,3)10-15(13,14)7-5-6-8(11)12/h1,10H,5-7H2,2-3H3,(H,11,12). The van der Waals surface area contributed by atoms with Gasteiger partial charge >= 0.3 is 5.97 Å². The van der Waals surface area contributed by atoms with Crippen molar-refractivity contribution in [3.63, 3.8) is 0 Å². The zero-order chi connectivity index (χ0) is 12.1. The van der Waals surface area contributed by atoms with Crippen molar-refractivity contribution in [3.8, 4) is 12.3 Å². The molecule has 0 radical (unpaired) electrons. The molecule has 0 aromatic rings. The average molecular weight is 233 g/mol. The smallest absolute Gasteiger partial charge is 0.303 e. The Hall–Kier alpha value is -1.06. The summed E-state index contributed by atoms with van der Waals surface area (Å²) in [5, 5.41) is 8.34. The molecule has 0 saturated heterocycles. The predicted molar refractivity (Wildman–Crippen MR) is 56.7 cm³/mol. The summed E-state index contributed by atoms with van der Waals surface area (Å²) >= 11 is 0. The van der Waals surface area contributed by atoms with E-state index in [2.05, 4.69) is 10.6 Å². The van der Waals surface area contributed by atoms with Gasteiger partial charge in [-0.05, 0) is 20.3 Å². The lowest BCUT2D eigenvalue weighted by atomic mass is 10.1. The number of carboxylic acid groups (broad SMARTS) is 1. The van der Waals surface area contributed by atoms with Crippen LogP contribution in [0.3, 0.4) is 0 Å². The Morgan fingerprint density at radius 1 is 1.53 bits per heavy atom. The molecule has 0 aliphatic rings. The number of rotatable bonds is 6. The summed E-state index contributed by atoms with van der Waals surface area (Å²) in [6.07, 6.45) is 5.02. The van der Waals surface area contributed by atoms with Gasteiger partial charge in [0.1, 0.15) is 0 Å². The maximum absolute atomic E-state index is 11.4. The second-order valence-electron chi connectivity index (χ2n) is 3.69. The van der Waals surface area contributed by atoms with E-state index < -0.39 is 21.5 Å². The number of hydrogen-bond acceptors (Lipinski definition) is 3. The quantitative estimate of drug-likeness (QED) is 0.641. The van der Waals surface area contributed by atoms with Crippen molar-refractivity contribution in [2.24, 2.45) is 0 Å². The maximum atomic E-state index is 11.4. The molecule has 0 unspecified atom stereocenters. The van der Waals surface area contributed by atoms with Crippen molar-refractivity contribution in [2.75, 3.05) is 5.75 Å². The Labute approximate surface area is 89.9 Å². The van der Waals surface area contributed by atoms with E-state index in [1.54, 1.807) is 13.8 Å². The van der Waals surface area contributed by atoms with Gasteiger partial charge in [0.2, 0.25) is 10.0 Å². The lowest BCUT2D eigenvalue weighted by Crippen LogP contribution is -2.43. The molecule has 2 N–H and O–H groups in total. The molecule has 0 bridgehead atoms. The van der Waals surface area contributed by atoms with Gasteiger partial charge in [-0.3, -0.25) is 4.79 Å². The van der Waals surface area contributed by atoms with Crippen LogP contribution in [0.15, 0.2) is 0 Å². The molecule has 5 nitrogen and oxygen atoms in total. The SMILES string of the molecule is C#CC(C)(C)NS(=O)(=O)CCCC(=O)O. The van der Waals surface area contributed by atoms with Crippen LogP contribution in [0.4, 0.5) is 0 Å². The molecule has 0 aliphatic heterocycles. The molecular weight excluding hydrogens is 218 g/mol. The van der Waals surface area contributed by atoms with Crippen LogP contribution in [0.25, 0.3) is 0 Å². The Kier molecular flexibility index (Phi) is 4.78. The van der Waals surface area contributed by atoms with Crippen LogP contribution in [0.5, 0.6) is 0 Å². The van der Waals surface area contributed by atoms with Crippen LogP contribution in [0, 0.1) is 12.3 Å². The van der Waals surface area contributed by atoms with E-state index in [4.69, 9.17) is 11.5 Å². The molecule has 0 fully saturated rings. The van der Waals surface area contributed by atoms with E-state index in [0.29, 0.717) is 0 Å². The highest BCUT2D eigenvalue weighted by atomic mass is 32.2. The Morgan fingerprint density at radius 2 is 2.07 bits per heavy atom. The normalized spacial score (nSPS) is 12.1. The summed E-state index contributed by atoms with van der Waals surface area (Å²) in [4.78, 5) is 10.2. The fraction of sp³-hybridized carbons (Fsp3) is 0.667. The molecule has 0 spiro atoms. The summed E-state index contributed by atoms with van der Waals surface area (Å²) < 4.78 is 25.1. The average Bonchev–Trinajstić information content (AvgIpc) is 2.01. The molecule has 0 rings (SSSR count). The number of nitrogens with one attached hydrogen (secondary N) is 1. The topological polar surface area (TPSA) is 83.5 Å². The van der Waals surface area contributed by atoms with Gasteiger partial charge in [-0.25, -0.2) is 8.42 Å². The van der Waals surface area contributed by atoms with E-state index in [-0.39, 0.29) is 18.6 Å². The summed E-state index contributed by atoms with van der Waals surface area (Å²) in [6, 6.07) is 0. The Balaban J connectivity index is 4.23. The van der Waals surface area contributed by atoms with Gasteiger partial charge in [-0.15, -0.1) is 6.42 Å². The number of hydrogen-bond donors (Lipinski definition) is 2. The third-order valence-corrected chi connectivity index (χ3v) is 3.22. The van der Waals surface area contributed by atoms with E-state index in [1.807, 2.05) is 0 Å². The zero-order valence-corrected chi connectivity index (χ0v) is 9.60. The first-order valence-corrected chi connectivity index (χ1v) is 6.05. The van der Waals surface area contributed by atoms with Crippen LogP contribution in [-0.4, -0.2) is 30.8 Å². The Bertz CT molecular complexity index is 364. The van der Waals surface area contributed by atoms with Crippen LogP contribution in [0.1, 0.15) is 26.7 Å². The Morgan fingerprint density at radius 3 is 2.47 bits per heavy atom. The van der Waals surface area contributed by atoms with Crippen molar-refractivity contribution in [1.29, 1.82) is 0 Å². The largest absolute Gasteiger partial charge is 0.481 e. The fourth-order valence-electron chi connectivity index (χ4n) is 0.883. The minimum absolute atomic E-state index is 0.0747. The first kappa shape index (κ1) is 13.9. The predicted octanol–water partition coefficient (Wildman–Crippen LogP) is 0.182. The molecule has 0 amide bonds. The van der Waals surface area contributed by atoms with Crippen molar-refractivity contribution >= 4 is 16.0 Å². The van der Waals surface area contributed by atoms with Crippen LogP contribution < -0.4 is 4.72 Å². The molecule has 0 atom stereocenters. The minimum Gasteiger partial charge on any atom is -0.481 e. The second-order valence-corrected chi connectivity index (χ2v) is 5.53. The van der Waals surface area contributed by atoms with Gasteiger partial charge < -0.3 is 5.11 Å². The first-order valence-electron chi connectivity index (χ1n) is 4.40. The lowest BCUT2D eigenvalue weighted by molar-refractivity contribution is -0.137. The molecule has 6 heteroatoms. The van der Waals surface area contributed by atoms with Gasteiger partial charge in [-0.2, -0.15) is 4.72 Å². The number of carboxylic acids is 1. The summed E-state index contributed by atoms with van der Waals surface area (Å²) in [5.41, 5.74) is -0.942. The second kappa shape index (κ2) is 5.14. The molecule has 86 valence electrons. The van der Waals surface area contributed by atoms with Gasteiger partial charge in [0.05, 0.1) is 11.3 Å². The third kappa shape index (κ3) is 6.94. The monoisotopic (exact) mass is 233 g/mol. The number of aliphatic carboxylic acids is 1. The van der Waals surface area contributed by atoms with Gasteiger partial charge in [-0.1, -0.05) is 5.92 Å². The highest BCUT2D eigenvalue weighted by Crippen LogP contribution is 2.04. The number of sulfonamides is 1. The first-order chi connectivity index (χ1) is 6.68. The highest BCUT2D eigenvalue weighted by molar-refractivity contribution is 7.89. The molecule has 15 heavy (non-hydrogen) atoms. The van der Waals surface area contributed by atoms with E-state index in [9.17, 15) is 13.2 Å².